The number of hydrogen-bond acceptors (Lipinski definition) is 4. The van der Waals surface area contributed by atoms with Gasteiger partial charge in [-0.15, -0.1) is 0 Å². The normalized spacial score (nSPS) is 24.3. The lowest BCUT2D eigenvalue weighted by Crippen LogP contribution is -2.52. The Morgan fingerprint density at radius 2 is 1.67 bits per heavy atom. The molecule has 1 saturated heterocycles. The number of carboxylic acid groups (broad SMARTS) is 1. The second-order valence-corrected chi connectivity index (χ2v) is 8.25. The third-order valence-electron chi connectivity index (χ3n) is 4.47. The van der Waals surface area contributed by atoms with Crippen LogP contribution in [-0.4, -0.2) is 61.6 Å². The summed E-state index contributed by atoms with van der Waals surface area (Å²) in [7, 11) is -3.03. The summed E-state index contributed by atoms with van der Waals surface area (Å²) in [5, 5.41) is 12.1. The average molecular weight is 318 g/mol. The molecule has 2 fully saturated rings. The Kier molecular flexibility index (Phi) is 4.75. The first kappa shape index (κ1) is 16.1. The Morgan fingerprint density at radius 1 is 1.10 bits per heavy atom. The second kappa shape index (κ2) is 6.21. The van der Waals surface area contributed by atoms with E-state index in [2.05, 4.69) is 5.32 Å². The van der Waals surface area contributed by atoms with Gasteiger partial charge in [-0.2, -0.15) is 0 Å². The van der Waals surface area contributed by atoms with Crippen molar-refractivity contribution in [1.29, 1.82) is 0 Å². The SMILES string of the molecule is O=C(NCC1(C(=O)O)CCCCC1)N1CCS(=O)(=O)CC1. The van der Waals surface area contributed by atoms with E-state index < -0.39 is 21.2 Å². The molecule has 2 rings (SSSR count). The van der Waals surface area contributed by atoms with Crippen molar-refractivity contribution in [3.05, 3.63) is 0 Å². The molecule has 1 aliphatic carbocycles. The largest absolute Gasteiger partial charge is 0.481 e. The van der Waals surface area contributed by atoms with Crippen molar-refractivity contribution in [3.63, 3.8) is 0 Å². The number of amides is 2. The Balaban J connectivity index is 1.89. The summed E-state index contributed by atoms with van der Waals surface area (Å²) in [4.78, 5) is 25.0. The van der Waals surface area contributed by atoms with Crippen LogP contribution in [0.1, 0.15) is 32.1 Å². The van der Waals surface area contributed by atoms with Crippen molar-refractivity contribution in [2.75, 3.05) is 31.1 Å². The molecule has 1 saturated carbocycles. The zero-order chi connectivity index (χ0) is 15.5. The number of aliphatic carboxylic acids is 1. The van der Waals surface area contributed by atoms with E-state index in [1.54, 1.807) is 0 Å². The minimum Gasteiger partial charge on any atom is -0.481 e. The zero-order valence-corrected chi connectivity index (χ0v) is 12.8. The number of carboxylic acids is 1. The first-order valence-electron chi connectivity index (χ1n) is 7.31. The van der Waals surface area contributed by atoms with Crippen LogP contribution in [0.3, 0.4) is 0 Å². The minimum absolute atomic E-state index is 0.0233. The topological polar surface area (TPSA) is 104 Å². The van der Waals surface area contributed by atoms with Crippen LogP contribution in [0.2, 0.25) is 0 Å². The summed E-state index contributed by atoms with van der Waals surface area (Å²) in [5.74, 6) is -0.904. The highest BCUT2D eigenvalue weighted by Crippen LogP contribution is 2.36. The highest BCUT2D eigenvalue weighted by atomic mass is 32.2. The Bertz CT molecular complexity index is 497. The van der Waals surface area contributed by atoms with Gasteiger partial charge in [0.1, 0.15) is 0 Å². The summed E-state index contributed by atoms with van der Waals surface area (Å²) in [5.41, 5.74) is -0.865. The van der Waals surface area contributed by atoms with Gasteiger partial charge in [-0.05, 0) is 12.8 Å². The number of carbonyl (C=O) groups is 2. The molecule has 1 aliphatic heterocycles. The van der Waals surface area contributed by atoms with E-state index in [4.69, 9.17) is 0 Å². The molecule has 2 N–H and O–H groups in total. The first-order valence-corrected chi connectivity index (χ1v) is 9.13. The molecule has 0 aromatic heterocycles. The van der Waals surface area contributed by atoms with Gasteiger partial charge in [0, 0.05) is 19.6 Å². The highest BCUT2D eigenvalue weighted by Gasteiger charge is 2.40. The van der Waals surface area contributed by atoms with E-state index in [0.29, 0.717) is 12.8 Å². The number of rotatable bonds is 3. The Labute approximate surface area is 124 Å². The van der Waals surface area contributed by atoms with Gasteiger partial charge < -0.3 is 15.3 Å². The molecule has 1 heterocycles. The maximum atomic E-state index is 12.0. The number of hydrogen-bond donors (Lipinski definition) is 2. The molecule has 0 spiro atoms. The third-order valence-corrected chi connectivity index (χ3v) is 6.08. The van der Waals surface area contributed by atoms with Crippen molar-refractivity contribution in [1.82, 2.24) is 10.2 Å². The molecule has 0 atom stereocenters. The molecule has 0 aromatic carbocycles. The number of nitrogens with zero attached hydrogens (tertiary/aromatic N) is 1. The highest BCUT2D eigenvalue weighted by molar-refractivity contribution is 7.91. The van der Waals surface area contributed by atoms with Crippen molar-refractivity contribution in [2.24, 2.45) is 5.41 Å². The van der Waals surface area contributed by atoms with Crippen molar-refractivity contribution in [2.45, 2.75) is 32.1 Å². The fourth-order valence-corrected chi connectivity index (χ4v) is 4.17. The lowest BCUT2D eigenvalue weighted by Gasteiger charge is -2.34. The van der Waals surface area contributed by atoms with Gasteiger partial charge in [0.15, 0.2) is 9.84 Å². The molecular formula is C13H22N2O5S. The van der Waals surface area contributed by atoms with E-state index in [0.717, 1.165) is 19.3 Å². The van der Waals surface area contributed by atoms with Gasteiger partial charge in [-0.25, -0.2) is 13.2 Å². The number of carbonyl (C=O) groups excluding carboxylic acids is 1. The minimum atomic E-state index is -3.03. The summed E-state index contributed by atoms with van der Waals surface area (Å²) >= 11 is 0. The van der Waals surface area contributed by atoms with Gasteiger partial charge in [0.2, 0.25) is 0 Å². The van der Waals surface area contributed by atoms with Crippen LogP contribution in [0.5, 0.6) is 0 Å². The average Bonchev–Trinajstić information content (AvgIpc) is 2.45. The molecule has 21 heavy (non-hydrogen) atoms. The smallest absolute Gasteiger partial charge is 0.317 e. The zero-order valence-electron chi connectivity index (χ0n) is 12.0. The van der Waals surface area contributed by atoms with Crippen molar-refractivity contribution < 1.29 is 23.1 Å². The summed E-state index contributed by atoms with van der Waals surface area (Å²) in [6.45, 7) is 0.465. The van der Waals surface area contributed by atoms with Crippen LogP contribution in [0.15, 0.2) is 0 Å². The number of nitrogens with one attached hydrogen (secondary N) is 1. The fourth-order valence-electron chi connectivity index (χ4n) is 2.97. The summed E-state index contributed by atoms with van der Waals surface area (Å²) < 4.78 is 22.7. The van der Waals surface area contributed by atoms with E-state index in [-0.39, 0.29) is 37.2 Å². The molecule has 0 unspecified atom stereocenters. The first-order chi connectivity index (χ1) is 9.85. The molecule has 0 aromatic rings. The maximum absolute atomic E-state index is 12.0. The van der Waals surface area contributed by atoms with Crippen LogP contribution in [-0.2, 0) is 14.6 Å². The lowest BCUT2D eigenvalue weighted by atomic mass is 9.74. The summed E-state index contributed by atoms with van der Waals surface area (Å²) in [6.07, 6.45) is 3.93. The van der Waals surface area contributed by atoms with Crippen molar-refractivity contribution in [3.8, 4) is 0 Å². The third kappa shape index (κ3) is 3.87. The molecular weight excluding hydrogens is 296 g/mol. The quantitative estimate of drug-likeness (QED) is 0.787. The lowest BCUT2D eigenvalue weighted by molar-refractivity contribution is -0.150. The van der Waals surface area contributed by atoms with E-state index >= 15 is 0 Å². The molecule has 2 aliphatic rings. The van der Waals surface area contributed by atoms with E-state index in [1.807, 2.05) is 0 Å². The van der Waals surface area contributed by atoms with Crippen LogP contribution >= 0.6 is 0 Å². The predicted molar refractivity (Wildman–Crippen MR) is 76.8 cm³/mol. The molecule has 8 heteroatoms. The fraction of sp³-hybridized carbons (Fsp3) is 0.846. The van der Waals surface area contributed by atoms with E-state index in [1.165, 1.54) is 4.90 Å². The molecule has 0 radical (unpaired) electrons. The van der Waals surface area contributed by atoms with Gasteiger partial charge in [0.25, 0.3) is 0 Å². The van der Waals surface area contributed by atoms with Gasteiger partial charge in [-0.1, -0.05) is 19.3 Å². The molecule has 7 nitrogen and oxygen atoms in total. The maximum Gasteiger partial charge on any atom is 0.317 e. The van der Waals surface area contributed by atoms with Crippen LogP contribution in [0.25, 0.3) is 0 Å². The number of sulfone groups is 1. The van der Waals surface area contributed by atoms with Gasteiger partial charge in [-0.3, -0.25) is 4.79 Å². The van der Waals surface area contributed by atoms with Gasteiger partial charge in [0.05, 0.1) is 16.9 Å². The second-order valence-electron chi connectivity index (χ2n) is 5.94. The van der Waals surface area contributed by atoms with Crippen LogP contribution < -0.4 is 5.32 Å². The Morgan fingerprint density at radius 3 is 2.19 bits per heavy atom. The standard InChI is InChI=1S/C13H22N2O5S/c16-11(17)13(4-2-1-3-5-13)10-14-12(18)15-6-8-21(19,20)9-7-15/h1-10H2,(H,14,18)(H,16,17). The Hall–Kier alpha value is -1.31. The summed E-state index contributed by atoms with van der Waals surface area (Å²) in [6, 6.07) is -0.365. The van der Waals surface area contributed by atoms with Crippen molar-refractivity contribution >= 4 is 21.8 Å². The van der Waals surface area contributed by atoms with Crippen LogP contribution in [0, 0.1) is 5.41 Å². The monoisotopic (exact) mass is 318 g/mol. The molecule has 0 bridgehead atoms. The molecule has 2 amide bonds. The predicted octanol–water partition coefficient (Wildman–Crippen LogP) is 0.461. The van der Waals surface area contributed by atoms with E-state index in [9.17, 15) is 23.1 Å². The van der Waals surface area contributed by atoms with Crippen LogP contribution in [0.4, 0.5) is 4.79 Å². The molecule has 120 valence electrons. The number of urea groups is 1. The van der Waals surface area contributed by atoms with Gasteiger partial charge >= 0.3 is 12.0 Å².